The first kappa shape index (κ1) is 33.8. The zero-order chi connectivity index (χ0) is 33.8. The number of carbonyl (C=O) groups excluding carboxylic acids is 3. The first-order chi connectivity index (χ1) is 23.2. The lowest BCUT2D eigenvalue weighted by Crippen LogP contribution is -2.50. The zero-order valence-corrected chi connectivity index (χ0v) is 28.6. The third-order valence-corrected chi connectivity index (χ3v) is 10.2. The minimum atomic E-state index is -0.852. The van der Waals surface area contributed by atoms with E-state index >= 15 is 0 Å². The summed E-state index contributed by atoms with van der Waals surface area (Å²) in [6.45, 7) is 8.67. The topological polar surface area (TPSA) is 126 Å². The van der Waals surface area contributed by atoms with Crippen LogP contribution in [0.25, 0.3) is 22.0 Å². The molecule has 0 saturated carbocycles. The van der Waals surface area contributed by atoms with Gasteiger partial charge in [-0.1, -0.05) is 39.0 Å². The Bertz CT molecular complexity index is 1620. The number of H-pyrrole nitrogens is 1. The van der Waals surface area contributed by atoms with Gasteiger partial charge in [0, 0.05) is 43.4 Å². The summed E-state index contributed by atoms with van der Waals surface area (Å²) < 4.78 is 17.1. The number of imidazole rings is 1. The van der Waals surface area contributed by atoms with Crippen molar-refractivity contribution in [3.63, 3.8) is 0 Å². The highest BCUT2D eigenvalue weighted by Crippen LogP contribution is 2.37. The van der Waals surface area contributed by atoms with Crippen LogP contribution in [0.3, 0.4) is 0 Å². The van der Waals surface area contributed by atoms with Gasteiger partial charge in [-0.15, -0.1) is 0 Å². The number of aromatic amines is 1. The Balaban J connectivity index is 1.28. The summed E-state index contributed by atoms with van der Waals surface area (Å²) in [7, 11) is 1.28. The van der Waals surface area contributed by atoms with Gasteiger partial charge >= 0.3 is 6.09 Å². The van der Waals surface area contributed by atoms with E-state index in [0.29, 0.717) is 31.5 Å². The van der Waals surface area contributed by atoms with E-state index in [1.54, 1.807) is 4.90 Å². The highest BCUT2D eigenvalue weighted by Gasteiger charge is 2.37. The average Bonchev–Trinajstić information content (AvgIpc) is 3.87. The molecule has 1 aromatic heterocycles. The molecule has 0 aliphatic carbocycles. The number of rotatable bonds is 5. The van der Waals surface area contributed by atoms with Crippen LogP contribution in [-0.4, -0.2) is 89.8 Å². The summed E-state index contributed by atoms with van der Waals surface area (Å²) in [6, 6.07) is 9.91. The van der Waals surface area contributed by atoms with Crippen LogP contribution in [0.2, 0.25) is 0 Å². The van der Waals surface area contributed by atoms with Crippen molar-refractivity contribution in [1.82, 2.24) is 25.1 Å². The first-order valence-electron chi connectivity index (χ1n) is 17.5. The third-order valence-electron chi connectivity index (χ3n) is 10.2. The highest BCUT2D eigenvalue weighted by molar-refractivity contribution is 5.91. The van der Waals surface area contributed by atoms with Crippen molar-refractivity contribution in [3.05, 3.63) is 47.9 Å². The molecule has 2 bridgehead atoms. The third kappa shape index (κ3) is 7.31. The molecule has 3 aliphatic rings. The quantitative estimate of drug-likeness (QED) is 0.364. The van der Waals surface area contributed by atoms with Crippen LogP contribution in [0, 0.1) is 11.8 Å². The first-order valence-corrected chi connectivity index (χ1v) is 17.5. The number of aromatic nitrogens is 2. The number of alkyl carbamates (subject to hydrolysis) is 1. The predicted octanol–water partition coefficient (Wildman–Crippen LogP) is 5.63. The van der Waals surface area contributed by atoms with Gasteiger partial charge in [0.2, 0.25) is 11.8 Å². The number of nitrogens with zero attached hydrogens (tertiary/aromatic N) is 3. The van der Waals surface area contributed by atoms with E-state index in [1.165, 1.54) is 12.7 Å². The number of fused-ring (bicyclic) bond motifs is 7. The molecule has 3 aliphatic heterocycles. The van der Waals surface area contributed by atoms with E-state index in [9.17, 15) is 14.4 Å². The van der Waals surface area contributed by atoms with Crippen molar-refractivity contribution < 1.29 is 28.6 Å². The standard InChI is InChI=1S/C37H49N5O6/c1-23(2)24(3)35(43)41-13-7-9-28(41)18-25-11-12-26-19-29-30-21-38-34(39-30)32-10-8-14-42(32)36(44)31(40-37(45)46-4)22-47-15-5-6-16-48-33(29)20-27(26)17-25/h11-12,17,19-21,23-24,28,31-32H,5-10,13-16,18,22H2,1-4H3,(H,38,39)(H,40,45)/t24-,28-,31-,32-/m0/s1. The lowest BCUT2D eigenvalue weighted by Gasteiger charge is -2.29. The van der Waals surface area contributed by atoms with Gasteiger partial charge in [-0.2, -0.15) is 0 Å². The molecule has 6 rings (SSSR count). The molecule has 11 nitrogen and oxygen atoms in total. The van der Waals surface area contributed by atoms with E-state index in [2.05, 4.69) is 59.4 Å². The molecule has 3 aromatic rings. The number of nitrogens with one attached hydrogen (secondary N) is 2. The molecule has 2 saturated heterocycles. The number of likely N-dealkylation sites (tertiary alicyclic amines) is 1. The molecular formula is C37H49N5O6. The molecule has 4 heterocycles. The fourth-order valence-corrected chi connectivity index (χ4v) is 7.16. The van der Waals surface area contributed by atoms with Gasteiger partial charge in [-0.05, 0) is 79.3 Å². The summed E-state index contributed by atoms with van der Waals surface area (Å²) in [6.07, 6.45) is 7.19. The van der Waals surface area contributed by atoms with Gasteiger partial charge in [0.1, 0.15) is 17.6 Å². The second-order valence-electron chi connectivity index (χ2n) is 13.8. The fraction of sp³-hybridized carbons (Fsp3) is 0.568. The van der Waals surface area contributed by atoms with E-state index in [4.69, 9.17) is 19.2 Å². The number of amides is 3. The number of benzene rings is 2. The van der Waals surface area contributed by atoms with Crippen molar-refractivity contribution in [1.29, 1.82) is 0 Å². The van der Waals surface area contributed by atoms with Crippen LogP contribution in [0.1, 0.15) is 76.7 Å². The van der Waals surface area contributed by atoms with Gasteiger partial charge in [-0.25, -0.2) is 9.78 Å². The Kier molecular flexibility index (Phi) is 10.5. The van der Waals surface area contributed by atoms with Gasteiger partial charge in [0.05, 0.1) is 32.1 Å². The molecule has 11 heteroatoms. The normalized spacial score (nSPS) is 22.7. The second-order valence-corrected chi connectivity index (χ2v) is 13.8. The maximum atomic E-state index is 13.7. The van der Waals surface area contributed by atoms with Crippen molar-refractivity contribution in [3.8, 4) is 17.0 Å². The zero-order valence-electron chi connectivity index (χ0n) is 28.6. The minimum Gasteiger partial charge on any atom is -0.493 e. The molecular weight excluding hydrogens is 610 g/mol. The number of methoxy groups -OCH3 is 1. The maximum absolute atomic E-state index is 13.7. The second kappa shape index (κ2) is 15.0. The molecule has 48 heavy (non-hydrogen) atoms. The Morgan fingerprint density at radius 2 is 1.85 bits per heavy atom. The van der Waals surface area contributed by atoms with Gasteiger partial charge in [0.25, 0.3) is 0 Å². The molecule has 2 aromatic carbocycles. The summed E-state index contributed by atoms with van der Waals surface area (Å²) in [5, 5.41) is 4.82. The molecule has 2 fully saturated rings. The Labute approximate surface area is 282 Å². The van der Waals surface area contributed by atoms with Gasteiger partial charge in [0.15, 0.2) is 0 Å². The van der Waals surface area contributed by atoms with E-state index < -0.39 is 12.1 Å². The lowest BCUT2D eigenvalue weighted by molar-refractivity contribution is -0.137. The molecule has 2 N–H and O–H groups in total. The average molecular weight is 660 g/mol. The molecule has 4 atom stereocenters. The van der Waals surface area contributed by atoms with Crippen LogP contribution in [-0.2, 0) is 25.5 Å². The predicted molar refractivity (Wildman–Crippen MR) is 183 cm³/mol. The Morgan fingerprint density at radius 1 is 1.04 bits per heavy atom. The molecule has 0 radical (unpaired) electrons. The SMILES string of the molecule is COC(=O)N[C@H]1COCCCCOc2cc3cc(C[C@@H]4CCCN4C(=O)[C@@H](C)C(C)C)ccc3cc2-c2c[nH]c(n2)[C@@H]2CCCN2C1=O. The summed E-state index contributed by atoms with van der Waals surface area (Å²) in [5.41, 5.74) is 2.85. The number of carbonyl (C=O) groups is 3. The van der Waals surface area contributed by atoms with Gasteiger partial charge in [-0.3, -0.25) is 9.59 Å². The summed E-state index contributed by atoms with van der Waals surface area (Å²) >= 11 is 0. The number of hydrogen-bond donors (Lipinski definition) is 2. The summed E-state index contributed by atoms with van der Waals surface area (Å²) in [5.74, 6) is 1.86. The maximum Gasteiger partial charge on any atom is 0.407 e. The van der Waals surface area contributed by atoms with E-state index in [1.807, 2.05) is 13.1 Å². The highest BCUT2D eigenvalue weighted by atomic mass is 16.5. The van der Waals surface area contributed by atoms with Crippen LogP contribution in [0.15, 0.2) is 36.5 Å². The molecule has 0 unspecified atom stereocenters. The van der Waals surface area contributed by atoms with Crippen LogP contribution in [0.5, 0.6) is 5.75 Å². The molecule has 0 spiro atoms. The number of hydrogen-bond acceptors (Lipinski definition) is 7. The van der Waals surface area contributed by atoms with Gasteiger partial charge < -0.3 is 34.3 Å². The van der Waals surface area contributed by atoms with Crippen molar-refractivity contribution in [2.24, 2.45) is 11.8 Å². The van der Waals surface area contributed by atoms with Crippen molar-refractivity contribution >= 4 is 28.7 Å². The lowest BCUT2D eigenvalue weighted by atomic mass is 9.95. The smallest absolute Gasteiger partial charge is 0.407 e. The van der Waals surface area contributed by atoms with E-state index in [0.717, 1.165) is 79.3 Å². The van der Waals surface area contributed by atoms with Crippen molar-refractivity contribution in [2.45, 2.75) is 83.8 Å². The Morgan fingerprint density at radius 3 is 2.67 bits per heavy atom. The van der Waals surface area contributed by atoms with Crippen LogP contribution >= 0.6 is 0 Å². The molecule has 3 amide bonds. The molecule has 258 valence electrons. The largest absolute Gasteiger partial charge is 0.493 e. The van der Waals surface area contributed by atoms with Crippen LogP contribution in [0.4, 0.5) is 4.79 Å². The minimum absolute atomic E-state index is 0.0232. The summed E-state index contributed by atoms with van der Waals surface area (Å²) in [4.78, 5) is 51.2. The van der Waals surface area contributed by atoms with Crippen LogP contribution < -0.4 is 10.1 Å². The fourth-order valence-electron chi connectivity index (χ4n) is 7.16. The van der Waals surface area contributed by atoms with Crippen molar-refractivity contribution in [2.75, 3.05) is 40.0 Å². The number of ether oxygens (including phenoxy) is 3. The Hall–Kier alpha value is -4.12. The monoisotopic (exact) mass is 659 g/mol. The van der Waals surface area contributed by atoms with E-state index in [-0.39, 0.29) is 36.4 Å².